The van der Waals surface area contributed by atoms with Crippen molar-refractivity contribution in [3.8, 4) is 11.1 Å². The van der Waals surface area contributed by atoms with Crippen LogP contribution in [-0.2, 0) is 11.8 Å². The summed E-state index contributed by atoms with van der Waals surface area (Å²) in [7, 11) is 0. The first-order valence-corrected chi connectivity index (χ1v) is 14.6. The molecule has 0 saturated carbocycles. The fourth-order valence-electron chi connectivity index (χ4n) is 6.28. The van der Waals surface area contributed by atoms with Gasteiger partial charge in [-0.2, -0.15) is 0 Å². The Hall–Kier alpha value is -2.90. The van der Waals surface area contributed by atoms with Crippen molar-refractivity contribution in [2.45, 2.75) is 79.1 Å². The highest BCUT2D eigenvalue weighted by atomic mass is 14.9. The summed E-state index contributed by atoms with van der Waals surface area (Å²) in [6.07, 6.45) is 10.3. The van der Waals surface area contributed by atoms with E-state index in [1.807, 2.05) is 0 Å². The zero-order valence-corrected chi connectivity index (χ0v) is 24.6. The lowest BCUT2D eigenvalue weighted by Gasteiger charge is -2.34. The molecule has 1 fully saturated rings. The quantitative estimate of drug-likeness (QED) is 0.285. The number of nitrogens with one attached hydrogen (secondary N) is 1. The van der Waals surface area contributed by atoms with Gasteiger partial charge in [0.15, 0.2) is 0 Å². The zero-order chi connectivity index (χ0) is 27.3. The van der Waals surface area contributed by atoms with Gasteiger partial charge in [0.1, 0.15) is 0 Å². The van der Waals surface area contributed by atoms with E-state index >= 15 is 0 Å². The molecule has 1 N–H and O–H groups in total. The van der Waals surface area contributed by atoms with E-state index in [9.17, 15) is 0 Å². The van der Waals surface area contributed by atoms with Crippen LogP contribution in [0.1, 0.15) is 86.8 Å². The van der Waals surface area contributed by atoms with E-state index in [4.69, 9.17) is 0 Å². The van der Waals surface area contributed by atoms with Gasteiger partial charge >= 0.3 is 0 Å². The Morgan fingerprint density at radius 3 is 2.05 bits per heavy atom. The van der Waals surface area contributed by atoms with Crippen LogP contribution in [-0.4, -0.2) is 13.1 Å². The number of aryl methyl sites for hydroxylation is 2. The van der Waals surface area contributed by atoms with Crippen LogP contribution in [0.4, 0.5) is 0 Å². The van der Waals surface area contributed by atoms with Crippen LogP contribution in [0.25, 0.3) is 17.2 Å². The third kappa shape index (κ3) is 6.05. The molecule has 1 heteroatoms. The molecular weight excluding hydrogens is 458 g/mol. The van der Waals surface area contributed by atoms with Gasteiger partial charge in [-0.3, -0.25) is 0 Å². The fourth-order valence-corrected chi connectivity index (χ4v) is 6.28. The van der Waals surface area contributed by atoms with Crippen LogP contribution < -0.4 is 5.32 Å². The molecule has 0 unspecified atom stereocenters. The van der Waals surface area contributed by atoms with Gasteiger partial charge in [-0.05, 0) is 116 Å². The lowest BCUT2D eigenvalue weighted by Crippen LogP contribution is -2.33. The van der Waals surface area contributed by atoms with Crippen molar-refractivity contribution in [3.05, 3.63) is 112 Å². The van der Waals surface area contributed by atoms with Crippen LogP contribution in [0.15, 0.2) is 78.9 Å². The van der Waals surface area contributed by atoms with Crippen LogP contribution in [0.2, 0.25) is 0 Å². The molecule has 1 saturated heterocycles. The van der Waals surface area contributed by atoms with Gasteiger partial charge in [0.25, 0.3) is 0 Å². The molecule has 0 radical (unpaired) electrons. The van der Waals surface area contributed by atoms with Crippen molar-refractivity contribution in [2.24, 2.45) is 5.41 Å². The Bertz CT molecular complexity index is 1280. The molecule has 1 aliphatic rings. The molecule has 0 bridgehead atoms. The van der Waals surface area contributed by atoms with Crippen molar-refractivity contribution < 1.29 is 0 Å². The zero-order valence-electron chi connectivity index (χ0n) is 24.6. The first-order valence-electron chi connectivity index (χ1n) is 14.6. The van der Waals surface area contributed by atoms with E-state index in [-0.39, 0.29) is 5.41 Å². The monoisotopic (exact) mass is 505 g/mol. The molecule has 3 aromatic rings. The summed E-state index contributed by atoms with van der Waals surface area (Å²) in [5, 5.41) is 3.49. The van der Waals surface area contributed by atoms with Gasteiger partial charge in [0.05, 0.1) is 0 Å². The molecule has 1 nitrogen and oxygen atoms in total. The van der Waals surface area contributed by atoms with E-state index in [0.29, 0.717) is 5.41 Å². The third-order valence-corrected chi connectivity index (χ3v) is 8.99. The molecule has 1 aliphatic heterocycles. The average Bonchev–Trinajstić information content (AvgIpc) is 2.90. The second-order valence-electron chi connectivity index (χ2n) is 12.0. The van der Waals surface area contributed by atoms with Gasteiger partial charge in [0, 0.05) is 5.41 Å². The predicted molar refractivity (Wildman–Crippen MR) is 167 cm³/mol. The number of benzene rings is 3. The van der Waals surface area contributed by atoms with E-state index in [1.54, 1.807) is 0 Å². The van der Waals surface area contributed by atoms with E-state index in [1.165, 1.54) is 62.9 Å². The topological polar surface area (TPSA) is 12.0 Å². The fraction of sp³-hybridized carbons (Fsp3) is 0.405. The van der Waals surface area contributed by atoms with Crippen LogP contribution in [0.3, 0.4) is 0 Å². The Kier molecular flexibility index (Phi) is 8.78. The third-order valence-electron chi connectivity index (χ3n) is 8.99. The smallest absolute Gasteiger partial charge is 0.0197 e. The molecule has 3 aromatic carbocycles. The molecular formula is C37H47N. The summed E-state index contributed by atoms with van der Waals surface area (Å²) in [5.74, 6) is 0. The van der Waals surface area contributed by atoms with Gasteiger partial charge in [-0.25, -0.2) is 0 Å². The minimum Gasteiger partial charge on any atom is -0.317 e. The number of rotatable bonds is 9. The normalized spacial score (nSPS) is 15.6. The number of piperidine rings is 1. The first-order chi connectivity index (χ1) is 18.2. The number of hydrogen-bond donors (Lipinski definition) is 1. The Balaban J connectivity index is 1.63. The van der Waals surface area contributed by atoms with Crippen LogP contribution in [0.5, 0.6) is 0 Å². The summed E-state index contributed by atoms with van der Waals surface area (Å²) in [4.78, 5) is 0. The maximum Gasteiger partial charge on any atom is 0.0197 e. The van der Waals surface area contributed by atoms with E-state index in [0.717, 1.165) is 32.4 Å². The molecule has 4 rings (SSSR count). The summed E-state index contributed by atoms with van der Waals surface area (Å²) < 4.78 is 0. The first kappa shape index (κ1) is 28.1. The van der Waals surface area contributed by atoms with Crippen molar-refractivity contribution in [3.63, 3.8) is 0 Å². The highest BCUT2D eigenvalue weighted by molar-refractivity contribution is 5.68. The van der Waals surface area contributed by atoms with Crippen molar-refractivity contribution >= 4 is 6.08 Å². The van der Waals surface area contributed by atoms with Crippen LogP contribution >= 0.6 is 0 Å². The van der Waals surface area contributed by atoms with Crippen molar-refractivity contribution in [1.29, 1.82) is 0 Å². The summed E-state index contributed by atoms with van der Waals surface area (Å²) >= 11 is 0. The predicted octanol–water partition coefficient (Wildman–Crippen LogP) is 9.60. The maximum absolute atomic E-state index is 4.05. The van der Waals surface area contributed by atoms with Crippen molar-refractivity contribution in [1.82, 2.24) is 5.32 Å². The van der Waals surface area contributed by atoms with Crippen LogP contribution in [0, 0.1) is 19.3 Å². The Morgan fingerprint density at radius 1 is 0.895 bits per heavy atom. The largest absolute Gasteiger partial charge is 0.317 e. The highest BCUT2D eigenvalue weighted by Gasteiger charge is 2.31. The molecule has 0 spiro atoms. The van der Waals surface area contributed by atoms with Gasteiger partial charge in [-0.15, -0.1) is 0 Å². The Morgan fingerprint density at radius 2 is 1.50 bits per heavy atom. The molecule has 0 aromatic heterocycles. The summed E-state index contributed by atoms with van der Waals surface area (Å²) in [5.41, 5.74) is 12.4. The SMILES string of the molecule is C=C(C)Cc1ccc(-c2ccc(C(CC)(CC)c3ccc(/C=C/C4(C)CCNCC4)c(C)c3)cc2C)cc1. The highest BCUT2D eigenvalue weighted by Crippen LogP contribution is 2.41. The molecule has 200 valence electrons. The maximum atomic E-state index is 4.05. The lowest BCUT2D eigenvalue weighted by atomic mass is 9.69. The second-order valence-corrected chi connectivity index (χ2v) is 12.0. The van der Waals surface area contributed by atoms with Crippen molar-refractivity contribution in [2.75, 3.05) is 13.1 Å². The minimum absolute atomic E-state index is 0.0165. The standard InChI is InChI=1S/C37H47N/c1-8-37(9-2,33-15-14-31(28(5)25-33)18-19-36(7)20-22-38-23-21-36)34-16-17-35(29(6)26-34)32-12-10-30(11-13-32)24-27(3)4/h10-19,25-26,38H,3,8-9,20-24H2,1-2,4-7H3/b19-18+. The van der Waals surface area contributed by atoms with E-state index < -0.39 is 0 Å². The molecule has 0 aliphatic carbocycles. The summed E-state index contributed by atoms with van der Waals surface area (Å²) in [6, 6.07) is 23.3. The van der Waals surface area contributed by atoms with E-state index in [2.05, 4.69) is 126 Å². The molecule has 1 heterocycles. The summed E-state index contributed by atoms with van der Waals surface area (Å²) in [6.45, 7) is 20.0. The van der Waals surface area contributed by atoms with Gasteiger partial charge in [0.2, 0.25) is 0 Å². The van der Waals surface area contributed by atoms with Gasteiger partial charge < -0.3 is 5.32 Å². The molecule has 38 heavy (non-hydrogen) atoms. The number of allylic oxidation sites excluding steroid dienone is 2. The molecule has 0 amide bonds. The lowest BCUT2D eigenvalue weighted by molar-refractivity contribution is 0.303. The minimum atomic E-state index is 0.0165. The van der Waals surface area contributed by atoms with Gasteiger partial charge in [-0.1, -0.05) is 106 Å². The second kappa shape index (κ2) is 11.9. The Labute approximate surface area is 232 Å². The average molecular weight is 506 g/mol. The number of hydrogen-bond acceptors (Lipinski definition) is 1. The molecule has 0 atom stereocenters.